The second-order valence-electron chi connectivity index (χ2n) is 4.52. The molecule has 1 aromatic carbocycles. The smallest absolute Gasteiger partial charge is 0.327 e. The van der Waals surface area contributed by atoms with Crippen molar-refractivity contribution in [2.75, 3.05) is 5.32 Å². The molecule has 1 heterocycles. The molecule has 0 aliphatic heterocycles. The molecule has 2 rings (SSSR count). The normalized spacial score (nSPS) is 10.7. The highest BCUT2D eigenvalue weighted by Gasteiger charge is 2.22. The Labute approximate surface area is 119 Å². The summed E-state index contributed by atoms with van der Waals surface area (Å²) in [5.41, 5.74) is 0.685. The highest BCUT2D eigenvalue weighted by Crippen LogP contribution is 2.29. The Morgan fingerprint density at radius 1 is 1.43 bits per heavy atom. The number of hydrogen-bond donors (Lipinski definition) is 1. The first-order valence-corrected chi connectivity index (χ1v) is 6.31. The van der Waals surface area contributed by atoms with Crippen LogP contribution in [0.5, 0.6) is 0 Å². The molecular weight excluding hydrogens is 282 g/mol. The van der Waals surface area contributed by atoms with Gasteiger partial charge in [0.1, 0.15) is 11.5 Å². The van der Waals surface area contributed by atoms with Crippen LogP contribution < -0.4 is 5.32 Å². The highest BCUT2D eigenvalue weighted by molar-refractivity contribution is 5.62. The number of aryl methyl sites for hydroxylation is 2. The Balaban J connectivity index is 2.29. The minimum atomic E-state index is -1.20. The number of nitrogens with zero attached hydrogens (tertiary/aromatic N) is 3. The SMILES string of the molecule is CCc1nn(C)cc1CNc1cc(F)cc(F)c1[N+](=O)[O-]. The largest absolute Gasteiger partial charge is 0.375 e. The second-order valence-corrected chi connectivity index (χ2v) is 4.52. The number of aromatic nitrogens is 2. The Hall–Kier alpha value is -2.51. The molecule has 2 aromatic rings. The number of halogens is 2. The van der Waals surface area contributed by atoms with Crippen LogP contribution >= 0.6 is 0 Å². The molecule has 0 bridgehead atoms. The molecule has 0 aliphatic carbocycles. The van der Waals surface area contributed by atoms with E-state index in [9.17, 15) is 18.9 Å². The summed E-state index contributed by atoms with van der Waals surface area (Å²) in [6, 6.07) is 1.40. The number of nitrogens with one attached hydrogen (secondary N) is 1. The average Bonchev–Trinajstić information content (AvgIpc) is 2.75. The summed E-state index contributed by atoms with van der Waals surface area (Å²) in [6.45, 7) is 2.12. The van der Waals surface area contributed by atoms with Gasteiger partial charge >= 0.3 is 5.69 Å². The molecule has 112 valence electrons. The third-order valence-corrected chi connectivity index (χ3v) is 3.01. The predicted molar refractivity (Wildman–Crippen MR) is 72.9 cm³/mol. The fourth-order valence-electron chi connectivity index (χ4n) is 2.11. The maximum atomic E-state index is 13.5. The lowest BCUT2D eigenvalue weighted by atomic mass is 10.2. The second kappa shape index (κ2) is 5.86. The van der Waals surface area contributed by atoms with Crippen molar-refractivity contribution < 1.29 is 13.7 Å². The molecule has 21 heavy (non-hydrogen) atoms. The number of hydrogen-bond acceptors (Lipinski definition) is 4. The van der Waals surface area contributed by atoms with Gasteiger partial charge in [-0.15, -0.1) is 0 Å². The lowest BCUT2D eigenvalue weighted by molar-refractivity contribution is -0.386. The van der Waals surface area contributed by atoms with Crippen LogP contribution in [0.2, 0.25) is 0 Å². The van der Waals surface area contributed by atoms with Crippen molar-refractivity contribution >= 4 is 11.4 Å². The molecule has 0 unspecified atom stereocenters. The van der Waals surface area contributed by atoms with E-state index in [0.717, 1.165) is 17.3 Å². The summed E-state index contributed by atoms with van der Waals surface area (Å²) in [5, 5.41) is 17.8. The molecule has 6 nitrogen and oxygen atoms in total. The van der Waals surface area contributed by atoms with Gasteiger partial charge in [-0.1, -0.05) is 6.92 Å². The number of benzene rings is 1. The third-order valence-electron chi connectivity index (χ3n) is 3.01. The summed E-state index contributed by atoms with van der Waals surface area (Å²) in [7, 11) is 1.76. The van der Waals surface area contributed by atoms with Crippen molar-refractivity contribution in [3.63, 3.8) is 0 Å². The standard InChI is InChI=1S/C13H14F2N4O2/c1-3-11-8(7-18(2)17-11)6-16-12-5-9(14)4-10(15)13(12)19(20)21/h4-5,7,16H,3,6H2,1-2H3. The van der Waals surface area contributed by atoms with Crippen molar-refractivity contribution in [1.29, 1.82) is 0 Å². The summed E-state index contributed by atoms with van der Waals surface area (Å²) >= 11 is 0. The van der Waals surface area contributed by atoms with Gasteiger partial charge in [0.15, 0.2) is 0 Å². The van der Waals surface area contributed by atoms with Crippen LogP contribution in [0.1, 0.15) is 18.2 Å². The quantitative estimate of drug-likeness (QED) is 0.680. The first-order valence-electron chi connectivity index (χ1n) is 6.31. The van der Waals surface area contributed by atoms with Gasteiger partial charge in [0.2, 0.25) is 5.82 Å². The van der Waals surface area contributed by atoms with Gasteiger partial charge in [-0.2, -0.15) is 9.49 Å². The first-order chi connectivity index (χ1) is 9.92. The maximum absolute atomic E-state index is 13.5. The van der Waals surface area contributed by atoms with E-state index >= 15 is 0 Å². The monoisotopic (exact) mass is 296 g/mol. The fourth-order valence-corrected chi connectivity index (χ4v) is 2.11. The Morgan fingerprint density at radius 2 is 2.14 bits per heavy atom. The molecule has 0 amide bonds. The molecule has 1 N–H and O–H groups in total. The van der Waals surface area contributed by atoms with E-state index in [4.69, 9.17) is 0 Å². The van der Waals surface area contributed by atoms with Crippen molar-refractivity contribution in [2.45, 2.75) is 19.9 Å². The van der Waals surface area contributed by atoms with Crippen LogP contribution in [0.25, 0.3) is 0 Å². The number of nitro groups is 1. The number of rotatable bonds is 5. The van der Waals surface area contributed by atoms with Gasteiger partial charge in [-0.25, -0.2) is 4.39 Å². The molecule has 1 aromatic heterocycles. The lowest BCUT2D eigenvalue weighted by Crippen LogP contribution is -2.06. The van der Waals surface area contributed by atoms with Crippen LogP contribution in [0.3, 0.4) is 0 Å². The Morgan fingerprint density at radius 3 is 2.76 bits per heavy atom. The molecule has 0 atom stereocenters. The maximum Gasteiger partial charge on any atom is 0.327 e. The summed E-state index contributed by atoms with van der Waals surface area (Å²) < 4.78 is 28.3. The molecule has 0 saturated heterocycles. The fraction of sp³-hybridized carbons (Fsp3) is 0.308. The molecule has 0 saturated carbocycles. The lowest BCUT2D eigenvalue weighted by Gasteiger charge is -2.07. The van der Waals surface area contributed by atoms with E-state index in [1.807, 2.05) is 6.92 Å². The predicted octanol–water partition coefficient (Wildman–Crippen LogP) is 2.78. The Kier molecular flexibility index (Phi) is 4.15. The van der Waals surface area contributed by atoms with Gasteiger partial charge < -0.3 is 5.32 Å². The average molecular weight is 296 g/mol. The zero-order chi connectivity index (χ0) is 15.6. The minimum absolute atomic E-state index is 0.191. The minimum Gasteiger partial charge on any atom is -0.375 e. The topological polar surface area (TPSA) is 73.0 Å². The van der Waals surface area contributed by atoms with Crippen LogP contribution in [0.15, 0.2) is 18.3 Å². The molecular formula is C13H14F2N4O2. The van der Waals surface area contributed by atoms with Crippen LogP contribution in [-0.2, 0) is 20.0 Å². The van der Waals surface area contributed by atoms with Crippen LogP contribution in [-0.4, -0.2) is 14.7 Å². The Bertz CT molecular complexity index is 685. The number of anilines is 1. The first kappa shape index (κ1) is 14.9. The summed E-state index contributed by atoms with van der Waals surface area (Å²) in [4.78, 5) is 10.0. The zero-order valence-corrected chi connectivity index (χ0v) is 11.6. The van der Waals surface area contributed by atoms with Gasteiger partial charge in [-0.3, -0.25) is 14.8 Å². The third kappa shape index (κ3) is 3.15. The van der Waals surface area contributed by atoms with E-state index in [1.54, 1.807) is 17.9 Å². The van der Waals surface area contributed by atoms with E-state index in [2.05, 4.69) is 10.4 Å². The molecule has 0 fully saturated rings. The molecule has 0 spiro atoms. The van der Waals surface area contributed by atoms with E-state index < -0.39 is 22.2 Å². The zero-order valence-electron chi connectivity index (χ0n) is 11.6. The van der Waals surface area contributed by atoms with Crippen LogP contribution in [0.4, 0.5) is 20.2 Å². The van der Waals surface area contributed by atoms with Gasteiger partial charge in [-0.05, 0) is 6.42 Å². The number of nitro benzene ring substituents is 1. The van der Waals surface area contributed by atoms with Gasteiger partial charge in [0.25, 0.3) is 0 Å². The van der Waals surface area contributed by atoms with E-state index in [1.165, 1.54) is 0 Å². The van der Waals surface area contributed by atoms with Crippen LogP contribution in [0, 0.1) is 21.7 Å². The van der Waals surface area contributed by atoms with Crippen molar-refractivity contribution in [1.82, 2.24) is 9.78 Å². The summed E-state index contributed by atoms with van der Waals surface area (Å²) in [5.74, 6) is -2.08. The van der Waals surface area contributed by atoms with E-state index in [-0.39, 0.29) is 12.2 Å². The van der Waals surface area contributed by atoms with E-state index in [0.29, 0.717) is 12.5 Å². The summed E-state index contributed by atoms with van der Waals surface area (Å²) in [6.07, 6.45) is 2.45. The van der Waals surface area contributed by atoms with Gasteiger partial charge in [0, 0.05) is 37.5 Å². The van der Waals surface area contributed by atoms with Crippen molar-refractivity contribution in [3.8, 4) is 0 Å². The highest BCUT2D eigenvalue weighted by atomic mass is 19.1. The van der Waals surface area contributed by atoms with Crippen molar-refractivity contribution in [3.05, 3.63) is 51.3 Å². The molecule has 0 aliphatic rings. The van der Waals surface area contributed by atoms with Gasteiger partial charge in [0.05, 0.1) is 10.6 Å². The molecule has 0 radical (unpaired) electrons. The molecule has 8 heteroatoms. The van der Waals surface area contributed by atoms with Crippen molar-refractivity contribution in [2.24, 2.45) is 7.05 Å².